The Morgan fingerprint density at radius 1 is 1.14 bits per heavy atom. The van der Waals surface area contributed by atoms with Crippen LogP contribution in [-0.4, -0.2) is 36.3 Å². The molecule has 0 fully saturated rings. The highest BCUT2D eigenvalue weighted by Crippen LogP contribution is 2.21. The number of nitrogens with one attached hydrogen (secondary N) is 2. The highest BCUT2D eigenvalue weighted by Gasteiger charge is 2.20. The molecule has 0 aliphatic heterocycles. The van der Waals surface area contributed by atoms with Crippen LogP contribution in [0, 0.1) is 0 Å². The number of amides is 1. The molecule has 140 valence electrons. The quantitative estimate of drug-likeness (QED) is 0.498. The molecule has 2 aromatic heterocycles. The number of aromatic nitrogens is 6. The van der Waals surface area contributed by atoms with E-state index in [0.29, 0.717) is 17.2 Å². The normalized spacial score (nSPS) is 11.9. The number of carbonyl (C=O) groups is 1. The van der Waals surface area contributed by atoms with Gasteiger partial charge in [-0.1, -0.05) is 46.3 Å². The third-order valence-electron chi connectivity index (χ3n) is 4.19. The van der Waals surface area contributed by atoms with Crippen LogP contribution in [0.4, 0.5) is 0 Å². The van der Waals surface area contributed by atoms with Gasteiger partial charge in [0.1, 0.15) is 5.69 Å². The number of halogens is 1. The van der Waals surface area contributed by atoms with E-state index in [1.807, 2.05) is 61.5 Å². The predicted octanol–water partition coefficient (Wildman–Crippen LogP) is 3.31. The second kappa shape index (κ2) is 7.73. The van der Waals surface area contributed by atoms with Crippen LogP contribution in [0.15, 0.2) is 65.1 Å². The number of hydrogen-bond donors (Lipinski definition) is 2. The van der Waals surface area contributed by atoms with Gasteiger partial charge in [-0.3, -0.25) is 9.89 Å². The maximum Gasteiger partial charge on any atom is 0.269 e. The molecular formula is C19H16BrN7O. The Morgan fingerprint density at radius 2 is 1.89 bits per heavy atom. The van der Waals surface area contributed by atoms with Gasteiger partial charge in [-0.2, -0.15) is 9.78 Å². The molecule has 28 heavy (non-hydrogen) atoms. The zero-order valence-electron chi connectivity index (χ0n) is 14.9. The zero-order valence-corrected chi connectivity index (χ0v) is 16.5. The molecule has 0 saturated carbocycles. The maximum absolute atomic E-state index is 12.6. The molecule has 2 N–H and O–H groups in total. The Labute approximate surface area is 169 Å². The van der Waals surface area contributed by atoms with E-state index >= 15 is 0 Å². The van der Waals surface area contributed by atoms with Gasteiger partial charge < -0.3 is 5.32 Å². The molecule has 0 aliphatic rings. The van der Waals surface area contributed by atoms with Crippen molar-refractivity contribution < 1.29 is 4.79 Å². The molecule has 4 rings (SSSR count). The standard InChI is InChI=1S/C19H16BrN7O/c1-12(18-24-25-26-27(18)15-5-3-2-4-6-15)21-19(28)17-11-16(22-23-17)13-7-9-14(20)10-8-13/h2-12H,1H3,(H,21,28)(H,22,23). The van der Waals surface area contributed by atoms with Crippen molar-refractivity contribution >= 4 is 21.8 Å². The summed E-state index contributed by atoms with van der Waals surface area (Å²) in [5, 5.41) is 21.7. The minimum Gasteiger partial charge on any atom is -0.341 e. The van der Waals surface area contributed by atoms with Crippen LogP contribution >= 0.6 is 15.9 Å². The maximum atomic E-state index is 12.6. The lowest BCUT2D eigenvalue weighted by atomic mass is 10.1. The summed E-state index contributed by atoms with van der Waals surface area (Å²) in [4.78, 5) is 12.6. The number of aromatic amines is 1. The second-order valence-electron chi connectivity index (χ2n) is 6.15. The molecule has 1 atom stereocenters. The van der Waals surface area contributed by atoms with Crippen LogP contribution in [0.5, 0.6) is 0 Å². The minimum atomic E-state index is -0.401. The van der Waals surface area contributed by atoms with Crippen molar-refractivity contribution in [3.8, 4) is 16.9 Å². The average Bonchev–Trinajstić information content (AvgIpc) is 3.39. The van der Waals surface area contributed by atoms with E-state index in [-0.39, 0.29) is 5.91 Å². The Kier molecular flexibility index (Phi) is 4.98. The lowest BCUT2D eigenvalue weighted by Crippen LogP contribution is -2.29. The molecule has 2 aromatic carbocycles. The van der Waals surface area contributed by atoms with Gasteiger partial charge in [0.15, 0.2) is 5.82 Å². The molecule has 0 bridgehead atoms. The van der Waals surface area contributed by atoms with Crippen molar-refractivity contribution in [1.29, 1.82) is 0 Å². The van der Waals surface area contributed by atoms with Crippen molar-refractivity contribution in [2.45, 2.75) is 13.0 Å². The number of nitrogens with zero attached hydrogens (tertiary/aromatic N) is 5. The van der Waals surface area contributed by atoms with Crippen molar-refractivity contribution in [1.82, 2.24) is 35.7 Å². The van der Waals surface area contributed by atoms with E-state index in [9.17, 15) is 4.79 Å². The third-order valence-corrected chi connectivity index (χ3v) is 4.72. The first-order valence-electron chi connectivity index (χ1n) is 8.58. The van der Waals surface area contributed by atoms with Crippen LogP contribution < -0.4 is 5.32 Å². The Bertz CT molecular complexity index is 1090. The highest BCUT2D eigenvalue weighted by molar-refractivity contribution is 9.10. The number of para-hydroxylation sites is 1. The van der Waals surface area contributed by atoms with Gasteiger partial charge in [0.05, 0.1) is 17.4 Å². The molecule has 0 aliphatic carbocycles. The van der Waals surface area contributed by atoms with Crippen LogP contribution in [0.2, 0.25) is 0 Å². The zero-order chi connectivity index (χ0) is 19.5. The molecule has 0 spiro atoms. The van der Waals surface area contributed by atoms with Gasteiger partial charge in [-0.05, 0) is 47.7 Å². The number of tetrazole rings is 1. The summed E-state index contributed by atoms with van der Waals surface area (Å²) in [7, 11) is 0. The fraction of sp³-hybridized carbons (Fsp3) is 0.105. The summed E-state index contributed by atoms with van der Waals surface area (Å²) in [6.07, 6.45) is 0. The smallest absolute Gasteiger partial charge is 0.269 e. The van der Waals surface area contributed by atoms with E-state index in [2.05, 4.69) is 47.0 Å². The Hall–Kier alpha value is -3.33. The predicted molar refractivity (Wildman–Crippen MR) is 107 cm³/mol. The van der Waals surface area contributed by atoms with Crippen LogP contribution in [-0.2, 0) is 0 Å². The molecule has 2 heterocycles. The molecule has 9 heteroatoms. The van der Waals surface area contributed by atoms with Crippen LogP contribution in [0.3, 0.4) is 0 Å². The molecule has 1 amide bonds. The summed E-state index contributed by atoms with van der Waals surface area (Å²) in [5.41, 5.74) is 2.80. The third kappa shape index (κ3) is 3.70. The fourth-order valence-corrected chi connectivity index (χ4v) is 3.03. The summed E-state index contributed by atoms with van der Waals surface area (Å²) in [6, 6.07) is 18.5. The molecule has 0 radical (unpaired) electrons. The Morgan fingerprint density at radius 3 is 2.64 bits per heavy atom. The number of carbonyl (C=O) groups excluding carboxylic acids is 1. The van der Waals surface area contributed by atoms with Gasteiger partial charge in [0, 0.05) is 10.0 Å². The van der Waals surface area contributed by atoms with Crippen LogP contribution in [0.25, 0.3) is 16.9 Å². The minimum absolute atomic E-state index is 0.286. The number of benzene rings is 2. The number of H-pyrrole nitrogens is 1. The largest absolute Gasteiger partial charge is 0.341 e. The average molecular weight is 438 g/mol. The lowest BCUT2D eigenvalue weighted by Gasteiger charge is -2.12. The molecule has 4 aromatic rings. The first kappa shape index (κ1) is 18.1. The first-order valence-corrected chi connectivity index (χ1v) is 9.37. The van der Waals surface area contributed by atoms with Crippen molar-refractivity contribution in [2.75, 3.05) is 0 Å². The molecule has 8 nitrogen and oxygen atoms in total. The summed E-state index contributed by atoms with van der Waals surface area (Å²) in [5.74, 6) is 0.248. The highest BCUT2D eigenvalue weighted by atomic mass is 79.9. The number of rotatable bonds is 5. The molecule has 0 saturated heterocycles. The molecule has 1 unspecified atom stereocenters. The first-order chi connectivity index (χ1) is 13.6. The second-order valence-corrected chi connectivity index (χ2v) is 7.07. The van der Waals surface area contributed by atoms with Crippen molar-refractivity contribution in [3.05, 3.63) is 76.7 Å². The topological polar surface area (TPSA) is 101 Å². The molecular weight excluding hydrogens is 422 g/mol. The summed E-state index contributed by atoms with van der Waals surface area (Å²) >= 11 is 3.40. The van der Waals surface area contributed by atoms with Crippen LogP contribution in [0.1, 0.15) is 29.3 Å². The summed E-state index contributed by atoms with van der Waals surface area (Å²) in [6.45, 7) is 1.83. The fourth-order valence-electron chi connectivity index (χ4n) is 2.76. The van der Waals surface area contributed by atoms with E-state index in [0.717, 1.165) is 15.7 Å². The van der Waals surface area contributed by atoms with Gasteiger partial charge in [0.2, 0.25) is 0 Å². The van der Waals surface area contributed by atoms with Crippen molar-refractivity contribution in [2.24, 2.45) is 0 Å². The van der Waals surface area contributed by atoms with Crippen molar-refractivity contribution in [3.63, 3.8) is 0 Å². The monoisotopic (exact) mass is 437 g/mol. The van der Waals surface area contributed by atoms with E-state index in [4.69, 9.17) is 0 Å². The summed E-state index contributed by atoms with van der Waals surface area (Å²) < 4.78 is 2.58. The number of hydrogen-bond acceptors (Lipinski definition) is 5. The van der Waals surface area contributed by atoms with E-state index in [1.165, 1.54) is 0 Å². The van der Waals surface area contributed by atoms with Gasteiger partial charge in [0.25, 0.3) is 5.91 Å². The lowest BCUT2D eigenvalue weighted by molar-refractivity contribution is 0.0933. The SMILES string of the molecule is CC(NC(=O)c1cc(-c2ccc(Br)cc2)n[nH]1)c1nnnn1-c1ccccc1. The van der Waals surface area contributed by atoms with E-state index in [1.54, 1.807) is 10.7 Å². The Balaban J connectivity index is 1.50. The van der Waals surface area contributed by atoms with E-state index < -0.39 is 6.04 Å². The van der Waals surface area contributed by atoms with Gasteiger partial charge in [-0.15, -0.1) is 5.10 Å². The van der Waals surface area contributed by atoms with Gasteiger partial charge in [-0.25, -0.2) is 0 Å². The van der Waals surface area contributed by atoms with Gasteiger partial charge >= 0.3 is 0 Å².